The number of hydrogen-bond donors (Lipinski definition) is 1. The minimum absolute atomic E-state index is 0.663. The summed E-state index contributed by atoms with van der Waals surface area (Å²) in [5, 5.41) is 3.66. The maximum Gasteiger partial charge on any atom is 0.0121 e. The molecule has 0 aromatic rings. The lowest BCUT2D eigenvalue weighted by atomic mass is 9.67. The topological polar surface area (TPSA) is 12.0 Å². The Morgan fingerprint density at radius 1 is 1.18 bits per heavy atom. The summed E-state index contributed by atoms with van der Waals surface area (Å²) >= 11 is 0. The summed E-state index contributed by atoms with van der Waals surface area (Å²) in [5.74, 6) is 0. The van der Waals surface area contributed by atoms with Crippen molar-refractivity contribution in [1.29, 1.82) is 0 Å². The van der Waals surface area contributed by atoms with Gasteiger partial charge in [0.05, 0.1) is 0 Å². The zero-order valence-electron chi connectivity index (χ0n) is 7.53. The molecule has 2 fully saturated rings. The van der Waals surface area contributed by atoms with E-state index >= 15 is 0 Å². The zero-order valence-corrected chi connectivity index (χ0v) is 7.53. The van der Waals surface area contributed by atoms with Gasteiger partial charge in [-0.1, -0.05) is 19.8 Å². The number of fused-ring (bicyclic) bond motifs is 1. The second-order valence-electron chi connectivity index (χ2n) is 4.51. The van der Waals surface area contributed by atoms with Gasteiger partial charge in [0.2, 0.25) is 0 Å². The van der Waals surface area contributed by atoms with Gasteiger partial charge in [0.15, 0.2) is 0 Å². The first kappa shape index (κ1) is 7.60. The van der Waals surface area contributed by atoms with E-state index in [1.54, 1.807) is 0 Å². The minimum atomic E-state index is 0.663. The van der Waals surface area contributed by atoms with Crippen molar-refractivity contribution in [2.75, 3.05) is 6.54 Å². The van der Waals surface area contributed by atoms with Gasteiger partial charge in [0.1, 0.15) is 0 Å². The average molecular weight is 153 g/mol. The lowest BCUT2D eigenvalue weighted by Gasteiger charge is -2.45. The standard InChI is InChI=1S/C10H19N/c1-10-6-3-2-5-9(10)11-8-4-7-10/h9,11H,2-8H2,1H3. The normalized spacial score (nSPS) is 45.0. The molecule has 2 aliphatic rings. The van der Waals surface area contributed by atoms with Gasteiger partial charge in [-0.2, -0.15) is 0 Å². The second-order valence-corrected chi connectivity index (χ2v) is 4.51. The SMILES string of the molecule is CC12CCCCC1NCCC2. The number of hydrogen-bond acceptors (Lipinski definition) is 1. The van der Waals surface area contributed by atoms with E-state index in [9.17, 15) is 0 Å². The molecule has 1 saturated carbocycles. The molecule has 1 N–H and O–H groups in total. The van der Waals surface area contributed by atoms with Gasteiger partial charge in [0.25, 0.3) is 0 Å². The maximum absolute atomic E-state index is 3.66. The third kappa shape index (κ3) is 1.31. The second kappa shape index (κ2) is 2.78. The Bertz CT molecular complexity index is 130. The molecule has 0 radical (unpaired) electrons. The summed E-state index contributed by atoms with van der Waals surface area (Å²) in [7, 11) is 0. The Morgan fingerprint density at radius 2 is 2.00 bits per heavy atom. The van der Waals surface area contributed by atoms with E-state index in [1.165, 1.54) is 45.1 Å². The summed E-state index contributed by atoms with van der Waals surface area (Å²) in [5.41, 5.74) is 0.663. The minimum Gasteiger partial charge on any atom is -0.313 e. The van der Waals surface area contributed by atoms with Crippen LogP contribution in [0.5, 0.6) is 0 Å². The van der Waals surface area contributed by atoms with Crippen LogP contribution in [0.4, 0.5) is 0 Å². The Hall–Kier alpha value is -0.0400. The van der Waals surface area contributed by atoms with Crippen LogP contribution >= 0.6 is 0 Å². The van der Waals surface area contributed by atoms with Crippen molar-refractivity contribution in [3.8, 4) is 0 Å². The molecule has 1 heteroatoms. The molecular weight excluding hydrogens is 134 g/mol. The maximum atomic E-state index is 3.66. The first-order valence-electron chi connectivity index (χ1n) is 5.05. The first-order valence-corrected chi connectivity index (χ1v) is 5.05. The third-order valence-electron chi connectivity index (χ3n) is 3.65. The molecule has 2 unspecified atom stereocenters. The quantitative estimate of drug-likeness (QED) is 0.563. The summed E-state index contributed by atoms with van der Waals surface area (Å²) < 4.78 is 0. The Kier molecular flexibility index (Phi) is 1.92. The van der Waals surface area contributed by atoms with Crippen molar-refractivity contribution in [2.45, 2.75) is 51.5 Å². The van der Waals surface area contributed by atoms with E-state index in [0.29, 0.717) is 5.41 Å². The van der Waals surface area contributed by atoms with E-state index in [-0.39, 0.29) is 0 Å². The van der Waals surface area contributed by atoms with Crippen molar-refractivity contribution in [3.63, 3.8) is 0 Å². The fourth-order valence-corrected chi connectivity index (χ4v) is 2.82. The van der Waals surface area contributed by atoms with E-state index < -0.39 is 0 Å². The molecule has 0 aromatic heterocycles. The van der Waals surface area contributed by atoms with Gasteiger partial charge >= 0.3 is 0 Å². The summed E-state index contributed by atoms with van der Waals surface area (Å²) in [6, 6.07) is 0.852. The molecular formula is C10H19N. The zero-order chi connectivity index (χ0) is 7.73. The monoisotopic (exact) mass is 153 g/mol. The van der Waals surface area contributed by atoms with Gasteiger partial charge < -0.3 is 5.32 Å². The molecule has 2 atom stereocenters. The molecule has 0 bridgehead atoms. The molecule has 1 aliphatic heterocycles. The Balaban J connectivity index is 2.06. The average Bonchev–Trinajstić information content (AvgIpc) is 2.03. The van der Waals surface area contributed by atoms with E-state index in [2.05, 4.69) is 12.2 Å². The van der Waals surface area contributed by atoms with Crippen molar-refractivity contribution in [2.24, 2.45) is 5.41 Å². The molecule has 1 saturated heterocycles. The highest BCUT2D eigenvalue weighted by molar-refractivity contribution is 4.93. The van der Waals surface area contributed by atoms with Crippen molar-refractivity contribution >= 4 is 0 Å². The summed E-state index contributed by atoms with van der Waals surface area (Å²) in [6.07, 6.45) is 8.67. The van der Waals surface area contributed by atoms with Crippen LogP contribution in [-0.2, 0) is 0 Å². The first-order chi connectivity index (χ1) is 5.31. The van der Waals surface area contributed by atoms with Gasteiger partial charge in [-0.25, -0.2) is 0 Å². The van der Waals surface area contributed by atoms with Crippen LogP contribution < -0.4 is 5.32 Å². The lowest BCUT2D eigenvalue weighted by Crippen LogP contribution is -2.49. The molecule has 2 rings (SSSR count). The predicted octanol–water partition coefficient (Wildman–Crippen LogP) is 2.32. The lowest BCUT2D eigenvalue weighted by molar-refractivity contribution is 0.103. The molecule has 0 aromatic carbocycles. The van der Waals surface area contributed by atoms with Crippen LogP contribution in [0.3, 0.4) is 0 Å². The number of nitrogens with one attached hydrogen (secondary N) is 1. The molecule has 1 aliphatic carbocycles. The van der Waals surface area contributed by atoms with Crippen LogP contribution in [0.25, 0.3) is 0 Å². The number of rotatable bonds is 0. The molecule has 64 valence electrons. The Labute approximate surface area is 69.6 Å². The highest BCUT2D eigenvalue weighted by Crippen LogP contribution is 2.41. The van der Waals surface area contributed by atoms with Crippen LogP contribution in [0.15, 0.2) is 0 Å². The molecule has 0 spiro atoms. The van der Waals surface area contributed by atoms with Gasteiger partial charge in [-0.05, 0) is 37.6 Å². The van der Waals surface area contributed by atoms with Gasteiger partial charge in [-0.15, -0.1) is 0 Å². The largest absolute Gasteiger partial charge is 0.313 e. The predicted molar refractivity (Wildman–Crippen MR) is 47.6 cm³/mol. The van der Waals surface area contributed by atoms with Crippen LogP contribution in [-0.4, -0.2) is 12.6 Å². The highest BCUT2D eigenvalue weighted by Gasteiger charge is 2.37. The van der Waals surface area contributed by atoms with Crippen LogP contribution in [0.2, 0.25) is 0 Å². The van der Waals surface area contributed by atoms with Gasteiger partial charge in [0, 0.05) is 6.04 Å². The van der Waals surface area contributed by atoms with Gasteiger partial charge in [-0.3, -0.25) is 0 Å². The fourth-order valence-electron chi connectivity index (χ4n) is 2.82. The Morgan fingerprint density at radius 3 is 2.82 bits per heavy atom. The van der Waals surface area contributed by atoms with E-state index in [1.807, 2.05) is 0 Å². The molecule has 1 heterocycles. The molecule has 0 amide bonds. The summed E-state index contributed by atoms with van der Waals surface area (Å²) in [4.78, 5) is 0. The van der Waals surface area contributed by atoms with Crippen molar-refractivity contribution in [3.05, 3.63) is 0 Å². The fraction of sp³-hybridized carbons (Fsp3) is 1.00. The van der Waals surface area contributed by atoms with Crippen molar-refractivity contribution in [1.82, 2.24) is 5.32 Å². The highest BCUT2D eigenvalue weighted by atomic mass is 14.9. The van der Waals surface area contributed by atoms with E-state index in [0.717, 1.165) is 6.04 Å². The summed E-state index contributed by atoms with van der Waals surface area (Å²) in [6.45, 7) is 3.74. The third-order valence-corrected chi connectivity index (χ3v) is 3.65. The number of piperidine rings is 1. The smallest absolute Gasteiger partial charge is 0.0121 e. The molecule has 11 heavy (non-hydrogen) atoms. The van der Waals surface area contributed by atoms with Crippen LogP contribution in [0, 0.1) is 5.41 Å². The van der Waals surface area contributed by atoms with Crippen molar-refractivity contribution < 1.29 is 0 Å². The van der Waals surface area contributed by atoms with E-state index in [4.69, 9.17) is 0 Å². The molecule has 1 nitrogen and oxygen atoms in total. The van der Waals surface area contributed by atoms with Crippen LogP contribution in [0.1, 0.15) is 45.4 Å².